The minimum Gasteiger partial charge on any atom is -0.494 e. The first kappa shape index (κ1) is 24.6. The molecule has 7 nitrogen and oxygen atoms in total. The molecule has 3 aromatic rings. The Morgan fingerprint density at radius 1 is 0.914 bits per heavy atom. The van der Waals surface area contributed by atoms with Gasteiger partial charge < -0.3 is 14.4 Å². The van der Waals surface area contributed by atoms with Crippen LogP contribution in [0.1, 0.15) is 30.1 Å². The number of rotatable bonds is 9. The average Bonchev–Trinajstić information content (AvgIpc) is 2.89. The van der Waals surface area contributed by atoms with Crippen LogP contribution in [0.15, 0.2) is 83.8 Å². The van der Waals surface area contributed by atoms with Crippen LogP contribution in [0.5, 0.6) is 11.5 Å². The van der Waals surface area contributed by atoms with E-state index in [0.717, 1.165) is 18.6 Å². The lowest BCUT2D eigenvalue weighted by atomic mass is 9.97. The number of hydrogen-bond donors (Lipinski definition) is 1. The molecular formula is C27H30N2O5S. The van der Waals surface area contributed by atoms with Crippen molar-refractivity contribution in [3.63, 3.8) is 0 Å². The monoisotopic (exact) mass is 494 g/mol. The number of benzene rings is 3. The van der Waals surface area contributed by atoms with E-state index in [2.05, 4.69) is 4.72 Å². The third-order valence-corrected chi connectivity index (χ3v) is 7.32. The lowest BCUT2D eigenvalue weighted by Gasteiger charge is -2.32. The Hall–Kier alpha value is -3.52. The number of nitrogens with zero attached hydrogens (tertiary/aromatic N) is 1. The van der Waals surface area contributed by atoms with Gasteiger partial charge in [0, 0.05) is 24.3 Å². The molecule has 0 radical (unpaired) electrons. The number of ether oxygens (including phenoxy) is 2. The maximum absolute atomic E-state index is 13.1. The number of nitrogens with one attached hydrogen (secondary N) is 1. The van der Waals surface area contributed by atoms with Gasteiger partial charge in [0.25, 0.3) is 15.9 Å². The smallest absolute Gasteiger partial charge is 0.261 e. The molecule has 1 amide bonds. The Morgan fingerprint density at radius 3 is 2.29 bits per heavy atom. The van der Waals surface area contributed by atoms with Gasteiger partial charge in [0.2, 0.25) is 0 Å². The number of likely N-dealkylation sites (tertiary alicyclic amines) is 1. The summed E-state index contributed by atoms with van der Waals surface area (Å²) in [6, 6.07) is 22.6. The molecule has 1 saturated heterocycles. The van der Waals surface area contributed by atoms with E-state index in [9.17, 15) is 13.2 Å². The second-order valence-corrected chi connectivity index (χ2v) is 10.1. The summed E-state index contributed by atoms with van der Waals surface area (Å²) in [4.78, 5) is 14.9. The first-order valence-corrected chi connectivity index (χ1v) is 13.3. The summed E-state index contributed by atoms with van der Waals surface area (Å²) in [5, 5.41) is 0. The van der Waals surface area contributed by atoms with Crippen LogP contribution in [0.4, 0.5) is 5.69 Å². The molecule has 0 aliphatic carbocycles. The predicted molar refractivity (Wildman–Crippen MR) is 135 cm³/mol. The Labute approximate surface area is 206 Å². The van der Waals surface area contributed by atoms with Crippen molar-refractivity contribution in [2.45, 2.75) is 24.7 Å². The van der Waals surface area contributed by atoms with Gasteiger partial charge in [0.1, 0.15) is 11.5 Å². The zero-order valence-electron chi connectivity index (χ0n) is 19.7. The van der Waals surface area contributed by atoms with Crippen molar-refractivity contribution in [1.29, 1.82) is 0 Å². The molecule has 1 heterocycles. The average molecular weight is 495 g/mol. The minimum absolute atomic E-state index is 0.0448. The fourth-order valence-electron chi connectivity index (χ4n) is 4.01. The Morgan fingerprint density at radius 2 is 1.60 bits per heavy atom. The highest BCUT2D eigenvalue weighted by Gasteiger charge is 2.25. The van der Waals surface area contributed by atoms with Crippen molar-refractivity contribution < 1.29 is 22.7 Å². The molecule has 35 heavy (non-hydrogen) atoms. The van der Waals surface area contributed by atoms with Gasteiger partial charge >= 0.3 is 0 Å². The summed E-state index contributed by atoms with van der Waals surface area (Å²) in [6.45, 7) is 4.27. The zero-order valence-corrected chi connectivity index (χ0v) is 20.5. The lowest BCUT2D eigenvalue weighted by Crippen LogP contribution is -2.39. The van der Waals surface area contributed by atoms with Crippen LogP contribution in [-0.4, -0.2) is 45.5 Å². The van der Waals surface area contributed by atoms with Crippen LogP contribution in [0.3, 0.4) is 0 Å². The highest BCUT2D eigenvalue weighted by atomic mass is 32.2. The molecule has 184 valence electrons. The molecule has 0 aromatic heterocycles. The third kappa shape index (κ3) is 6.54. The second kappa shape index (κ2) is 11.3. The lowest BCUT2D eigenvalue weighted by molar-refractivity contribution is 0.0661. The van der Waals surface area contributed by atoms with Crippen LogP contribution in [0.25, 0.3) is 0 Å². The number of para-hydroxylation sites is 1. The van der Waals surface area contributed by atoms with Gasteiger partial charge in [0.15, 0.2) is 0 Å². The van der Waals surface area contributed by atoms with Crippen LogP contribution in [0.2, 0.25) is 0 Å². The fraction of sp³-hybridized carbons (Fsp3) is 0.296. The van der Waals surface area contributed by atoms with Crippen molar-refractivity contribution in [2.24, 2.45) is 5.92 Å². The first-order valence-electron chi connectivity index (χ1n) is 11.8. The van der Waals surface area contributed by atoms with Crippen LogP contribution >= 0.6 is 0 Å². The van der Waals surface area contributed by atoms with Crippen molar-refractivity contribution in [3.8, 4) is 11.5 Å². The fourth-order valence-corrected chi connectivity index (χ4v) is 5.12. The summed E-state index contributed by atoms with van der Waals surface area (Å²) in [5.74, 6) is 1.73. The maximum Gasteiger partial charge on any atom is 0.261 e. The maximum atomic E-state index is 13.1. The Balaban J connectivity index is 1.35. The second-order valence-electron chi connectivity index (χ2n) is 8.45. The predicted octanol–water partition coefficient (Wildman–Crippen LogP) is 4.82. The summed E-state index contributed by atoms with van der Waals surface area (Å²) >= 11 is 0. The number of piperidine rings is 1. The molecule has 8 heteroatoms. The molecular weight excluding hydrogens is 464 g/mol. The van der Waals surface area contributed by atoms with Gasteiger partial charge in [-0.2, -0.15) is 0 Å². The molecule has 0 bridgehead atoms. The van der Waals surface area contributed by atoms with E-state index >= 15 is 0 Å². The molecule has 1 N–H and O–H groups in total. The number of anilines is 1. The molecule has 0 spiro atoms. The van der Waals surface area contributed by atoms with E-state index in [1.807, 2.05) is 37.3 Å². The van der Waals surface area contributed by atoms with Crippen LogP contribution < -0.4 is 14.2 Å². The normalized spacial score (nSPS) is 14.4. The SMILES string of the molecule is CCOc1ccc(NS(=O)(=O)c2cccc(C(=O)N3CCC(COc4ccccc4)CC3)c2)cc1. The first-order chi connectivity index (χ1) is 16.9. The van der Waals surface area contributed by atoms with Crippen molar-refractivity contribution in [3.05, 3.63) is 84.4 Å². The number of hydrogen-bond acceptors (Lipinski definition) is 5. The van der Waals surface area contributed by atoms with E-state index < -0.39 is 10.0 Å². The molecule has 0 unspecified atom stereocenters. The number of carbonyl (C=O) groups excluding carboxylic acids is 1. The summed E-state index contributed by atoms with van der Waals surface area (Å²) < 4.78 is 39.6. The van der Waals surface area contributed by atoms with Gasteiger partial charge in [-0.1, -0.05) is 24.3 Å². The van der Waals surface area contributed by atoms with E-state index in [4.69, 9.17) is 9.47 Å². The standard InChI is InChI=1S/C27H30N2O5S/c1-2-33-25-13-11-23(12-14-25)28-35(31,32)26-10-6-7-22(19-26)27(30)29-17-15-21(16-18-29)20-34-24-8-4-3-5-9-24/h3-14,19,21,28H,2,15-18,20H2,1H3. The number of sulfonamides is 1. The van der Waals surface area contributed by atoms with Crippen molar-refractivity contribution in [2.75, 3.05) is 31.0 Å². The number of carbonyl (C=O) groups is 1. The van der Waals surface area contributed by atoms with Gasteiger partial charge in [-0.3, -0.25) is 9.52 Å². The van der Waals surface area contributed by atoms with Gasteiger partial charge in [-0.05, 0) is 80.3 Å². The van der Waals surface area contributed by atoms with Gasteiger partial charge in [-0.25, -0.2) is 8.42 Å². The molecule has 0 atom stereocenters. The quantitative estimate of drug-likeness (QED) is 0.461. The summed E-state index contributed by atoms with van der Waals surface area (Å²) in [5.41, 5.74) is 0.781. The Bertz CT molecular complexity index is 1220. The van der Waals surface area contributed by atoms with Crippen LogP contribution in [0, 0.1) is 5.92 Å². The largest absolute Gasteiger partial charge is 0.494 e. The highest BCUT2D eigenvalue weighted by Crippen LogP contribution is 2.23. The van der Waals surface area contributed by atoms with Crippen molar-refractivity contribution >= 4 is 21.6 Å². The molecule has 1 aliphatic heterocycles. The molecule has 0 saturated carbocycles. The molecule has 4 rings (SSSR count). The van der Waals surface area contributed by atoms with Gasteiger partial charge in [0.05, 0.1) is 18.1 Å². The Kier molecular flexibility index (Phi) is 7.92. The van der Waals surface area contributed by atoms with Crippen LogP contribution in [-0.2, 0) is 10.0 Å². The van der Waals surface area contributed by atoms with E-state index in [0.29, 0.717) is 49.2 Å². The van der Waals surface area contributed by atoms with Gasteiger partial charge in [-0.15, -0.1) is 0 Å². The number of amides is 1. The van der Waals surface area contributed by atoms with E-state index in [1.165, 1.54) is 12.1 Å². The third-order valence-electron chi connectivity index (χ3n) is 5.94. The van der Waals surface area contributed by atoms with E-state index in [1.54, 1.807) is 41.3 Å². The van der Waals surface area contributed by atoms with Crippen molar-refractivity contribution in [1.82, 2.24) is 4.90 Å². The highest BCUT2D eigenvalue weighted by molar-refractivity contribution is 7.92. The minimum atomic E-state index is -3.85. The molecule has 3 aromatic carbocycles. The topological polar surface area (TPSA) is 84.9 Å². The summed E-state index contributed by atoms with van der Waals surface area (Å²) in [7, 11) is -3.85. The summed E-state index contributed by atoms with van der Waals surface area (Å²) in [6.07, 6.45) is 1.69. The molecule has 1 fully saturated rings. The zero-order chi connectivity index (χ0) is 24.7. The van der Waals surface area contributed by atoms with E-state index in [-0.39, 0.29) is 10.8 Å². The molecule has 1 aliphatic rings.